The van der Waals surface area contributed by atoms with Crippen LogP contribution < -0.4 is 11.1 Å². The molecule has 1 unspecified atom stereocenters. The van der Waals surface area contributed by atoms with Crippen molar-refractivity contribution in [2.24, 2.45) is 5.73 Å². The van der Waals surface area contributed by atoms with Crippen LogP contribution in [0, 0.1) is 0 Å². The first-order valence-corrected chi connectivity index (χ1v) is 7.95. The molecule has 0 aromatic carbocycles. The number of carbonyl (C=O) groups excluding carboxylic acids is 1. The molecule has 0 bridgehead atoms. The van der Waals surface area contributed by atoms with Crippen LogP contribution in [0.4, 0.5) is 0 Å². The van der Waals surface area contributed by atoms with Gasteiger partial charge in [-0.1, -0.05) is 26.2 Å². The quantitative estimate of drug-likeness (QED) is 0.746. The first-order chi connectivity index (χ1) is 8.06. The molecule has 0 aromatic rings. The molecule has 1 atom stereocenters. The van der Waals surface area contributed by atoms with Crippen LogP contribution in [0.3, 0.4) is 0 Å². The molecule has 0 aromatic heterocycles. The summed E-state index contributed by atoms with van der Waals surface area (Å²) in [5, 5.41) is 2.81. The molecule has 0 saturated heterocycles. The summed E-state index contributed by atoms with van der Waals surface area (Å²) in [7, 11) is -0.807. The molecular weight excluding hydrogens is 236 g/mol. The lowest BCUT2D eigenvalue weighted by molar-refractivity contribution is -0.122. The van der Waals surface area contributed by atoms with E-state index in [1.807, 2.05) is 6.92 Å². The highest BCUT2D eigenvalue weighted by atomic mass is 32.2. The van der Waals surface area contributed by atoms with E-state index in [1.54, 1.807) is 0 Å². The van der Waals surface area contributed by atoms with Gasteiger partial charge in [0.2, 0.25) is 5.91 Å². The number of rotatable bonds is 6. The molecule has 0 heterocycles. The van der Waals surface area contributed by atoms with Crippen LogP contribution >= 0.6 is 0 Å². The Hall–Kier alpha value is -0.420. The van der Waals surface area contributed by atoms with Crippen molar-refractivity contribution in [3.05, 3.63) is 0 Å². The van der Waals surface area contributed by atoms with Crippen LogP contribution in [-0.4, -0.2) is 33.7 Å². The van der Waals surface area contributed by atoms with Gasteiger partial charge in [-0.25, -0.2) is 0 Å². The Labute approximate surface area is 106 Å². The number of hydrogen-bond acceptors (Lipinski definition) is 3. The number of carbonyl (C=O) groups is 1. The monoisotopic (exact) mass is 260 g/mol. The van der Waals surface area contributed by atoms with Crippen molar-refractivity contribution in [3.8, 4) is 0 Å². The number of nitrogens with one attached hydrogen (secondary N) is 1. The summed E-state index contributed by atoms with van der Waals surface area (Å²) >= 11 is 0. The minimum Gasteiger partial charge on any atom is -0.355 e. The van der Waals surface area contributed by atoms with E-state index in [4.69, 9.17) is 5.73 Å². The Morgan fingerprint density at radius 2 is 2.00 bits per heavy atom. The molecule has 1 amide bonds. The van der Waals surface area contributed by atoms with E-state index in [0.717, 1.165) is 25.7 Å². The fourth-order valence-electron chi connectivity index (χ4n) is 2.26. The molecule has 1 saturated carbocycles. The fourth-order valence-corrected chi connectivity index (χ4v) is 2.88. The zero-order valence-corrected chi connectivity index (χ0v) is 11.5. The third-order valence-corrected chi connectivity index (χ3v) is 4.64. The molecule has 1 aliphatic rings. The molecule has 4 nitrogen and oxygen atoms in total. The summed E-state index contributed by atoms with van der Waals surface area (Å²) in [6.07, 6.45) is 5.79. The minimum atomic E-state index is -0.807. The molecule has 0 spiro atoms. The van der Waals surface area contributed by atoms with Crippen molar-refractivity contribution in [3.63, 3.8) is 0 Å². The first kappa shape index (κ1) is 14.6. The molecular formula is C12H24N2O2S. The Morgan fingerprint density at radius 3 is 2.59 bits per heavy atom. The van der Waals surface area contributed by atoms with Crippen molar-refractivity contribution in [1.29, 1.82) is 0 Å². The molecule has 17 heavy (non-hydrogen) atoms. The highest BCUT2D eigenvalue weighted by molar-refractivity contribution is 7.84. The van der Waals surface area contributed by atoms with Crippen LogP contribution in [-0.2, 0) is 15.6 Å². The van der Waals surface area contributed by atoms with Gasteiger partial charge in [-0.2, -0.15) is 0 Å². The van der Waals surface area contributed by atoms with Gasteiger partial charge in [0.15, 0.2) is 0 Å². The SMILES string of the molecule is CCS(=O)CCNC(=O)CC1(N)CCCCC1. The maximum Gasteiger partial charge on any atom is 0.221 e. The van der Waals surface area contributed by atoms with Gasteiger partial charge in [0.1, 0.15) is 0 Å². The Kier molecular flexibility index (Phi) is 6.12. The summed E-state index contributed by atoms with van der Waals surface area (Å²) < 4.78 is 11.2. The van der Waals surface area contributed by atoms with Crippen molar-refractivity contribution >= 4 is 16.7 Å². The summed E-state index contributed by atoms with van der Waals surface area (Å²) in [6.45, 7) is 2.38. The van der Waals surface area contributed by atoms with Gasteiger partial charge in [0.05, 0.1) is 0 Å². The van der Waals surface area contributed by atoms with E-state index < -0.39 is 10.8 Å². The van der Waals surface area contributed by atoms with Crippen molar-refractivity contribution in [1.82, 2.24) is 5.32 Å². The van der Waals surface area contributed by atoms with E-state index in [9.17, 15) is 9.00 Å². The van der Waals surface area contributed by atoms with E-state index >= 15 is 0 Å². The van der Waals surface area contributed by atoms with Crippen LogP contribution in [0.2, 0.25) is 0 Å². The molecule has 3 N–H and O–H groups in total. The fraction of sp³-hybridized carbons (Fsp3) is 0.917. The van der Waals surface area contributed by atoms with Crippen molar-refractivity contribution in [2.75, 3.05) is 18.1 Å². The van der Waals surface area contributed by atoms with Crippen LogP contribution in [0.15, 0.2) is 0 Å². The normalized spacial score (nSPS) is 20.8. The Balaban J connectivity index is 2.22. The van der Waals surface area contributed by atoms with Gasteiger partial charge < -0.3 is 11.1 Å². The first-order valence-electron chi connectivity index (χ1n) is 6.46. The zero-order valence-electron chi connectivity index (χ0n) is 10.7. The highest BCUT2D eigenvalue weighted by Crippen LogP contribution is 2.28. The van der Waals surface area contributed by atoms with Crippen LogP contribution in [0.25, 0.3) is 0 Å². The predicted molar refractivity (Wildman–Crippen MR) is 71.2 cm³/mol. The third-order valence-electron chi connectivity index (χ3n) is 3.34. The molecule has 1 aliphatic carbocycles. The second-order valence-corrected chi connectivity index (χ2v) is 6.75. The molecule has 0 aliphatic heterocycles. The standard InChI is InChI=1S/C12H24N2O2S/c1-2-17(16)9-8-14-11(15)10-12(13)6-4-3-5-7-12/h2-10,13H2,1H3,(H,14,15). The average Bonchev–Trinajstić information content (AvgIpc) is 2.29. The van der Waals surface area contributed by atoms with Gasteiger partial charge >= 0.3 is 0 Å². The van der Waals surface area contributed by atoms with Gasteiger partial charge in [-0.15, -0.1) is 0 Å². The second kappa shape index (κ2) is 7.11. The lowest BCUT2D eigenvalue weighted by Crippen LogP contribution is -2.46. The largest absolute Gasteiger partial charge is 0.355 e. The summed E-state index contributed by atoms with van der Waals surface area (Å²) in [5.41, 5.74) is 5.90. The van der Waals surface area contributed by atoms with Crippen molar-refractivity contribution in [2.45, 2.75) is 51.0 Å². The topological polar surface area (TPSA) is 72.2 Å². The maximum absolute atomic E-state index is 11.7. The van der Waals surface area contributed by atoms with Gasteiger partial charge in [0, 0.05) is 40.8 Å². The molecule has 5 heteroatoms. The van der Waals surface area contributed by atoms with Gasteiger partial charge in [-0.3, -0.25) is 9.00 Å². The van der Waals surface area contributed by atoms with Crippen LogP contribution in [0.5, 0.6) is 0 Å². The lowest BCUT2D eigenvalue weighted by atomic mass is 9.80. The predicted octanol–water partition coefficient (Wildman–Crippen LogP) is 0.923. The molecule has 1 rings (SSSR count). The minimum absolute atomic E-state index is 0.00232. The highest BCUT2D eigenvalue weighted by Gasteiger charge is 2.29. The number of hydrogen-bond donors (Lipinski definition) is 2. The molecule has 100 valence electrons. The number of nitrogens with two attached hydrogens (primary N) is 1. The van der Waals surface area contributed by atoms with Gasteiger partial charge in [-0.05, 0) is 12.8 Å². The average molecular weight is 260 g/mol. The Bertz CT molecular complexity index is 276. The lowest BCUT2D eigenvalue weighted by Gasteiger charge is -2.32. The van der Waals surface area contributed by atoms with E-state index in [2.05, 4.69) is 5.32 Å². The van der Waals surface area contributed by atoms with Crippen molar-refractivity contribution < 1.29 is 9.00 Å². The number of amides is 1. The van der Waals surface area contributed by atoms with Crippen LogP contribution in [0.1, 0.15) is 45.4 Å². The third kappa shape index (κ3) is 5.64. The van der Waals surface area contributed by atoms with Gasteiger partial charge in [0.25, 0.3) is 0 Å². The maximum atomic E-state index is 11.7. The molecule has 0 radical (unpaired) electrons. The molecule has 1 fully saturated rings. The van der Waals surface area contributed by atoms with E-state index in [-0.39, 0.29) is 11.4 Å². The Morgan fingerprint density at radius 1 is 1.35 bits per heavy atom. The summed E-state index contributed by atoms with van der Waals surface area (Å²) in [6, 6.07) is 0. The second-order valence-electron chi connectivity index (χ2n) is 4.88. The summed E-state index contributed by atoms with van der Waals surface area (Å²) in [5.74, 6) is 1.19. The van der Waals surface area contributed by atoms with E-state index in [0.29, 0.717) is 24.5 Å². The zero-order chi connectivity index (χ0) is 12.7. The van der Waals surface area contributed by atoms with E-state index in [1.165, 1.54) is 6.42 Å². The smallest absolute Gasteiger partial charge is 0.221 e. The summed E-state index contributed by atoms with van der Waals surface area (Å²) in [4.78, 5) is 11.7.